The van der Waals surface area contributed by atoms with Crippen molar-refractivity contribution in [2.75, 3.05) is 12.8 Å². The molecule has 170 valence electrons. The number of ether oxygens (including phenoxy) is 1. The molecule has 4 rings (SSSR count). The average Bonchev–Trinajstić information content (AvgIpc) is 3.52. The summed E-state index contributed by atoms with van der Waals surface area (Å²) in [6.45, 7) is 0. The molecule has 0 radical (unpaired) electrons. The van der Waals surface area contributed by atoms with E-state index in [4.69, 9.17) is 10.5 Å². The van der Waals surface area contributed by atoms with Crippen LogP contribution in [0.5, 0.6) is 11.5 Å². The van der Waals surface area contributed by atoms with Gasteiger partial charge in [-0.15, -0.1) is 15.3 Å². The van der Waals surface area contributed by atoms with Crippen molar-refractivity contribution < 1.29 is 19.3 Å². The normalized spacial score (nSPS) is 11.2. The van der Waals surface area contributed by atoms with Crippen molar-refractivity contribution in [3.63, 3.8) is 0 Å². The van der Waals surface area contributed by atoms with Gasteiger partial charge in [0.15, 0.2) is 22.3 Å². The Kier molecular flexibility index (Phi) is 6.16. The average molecular weight is 471 g/mol. The number of nitrogens with one attached hydrogen (secondary N) is 1. The lowest BCUT2D eigenvalue weighted by molar-refractivity contribution is 0.0949. The molecule has 1 aromatic carbocycles. The first-order valence-corrected chi connectivity index (χ1v) is 10.2. The van der Waals surface area contributed by atoms with Crippen LogP contribution in [0.4, 0.5) is 5.82 Å². The minimum Gasteiger partial charge on any atom is -0.504 e. The zero-order valence-electron chi connectivity index (χ0n) is 17.3. The Hall–Kier alpha value is -4.47. The van der Waals surface area contributed by atoms with E-state index in [1.165, 1.54) is 35.8 Å². The van der Waals surface area contributed by atoms with Gasteiger partial charge in [-0.05, 0) is 34.1 Å². The lowest BCUT2D eigenvalue weighted by Gasteiger charge is -2.05. The molecule has 0 aliphatic rings. The monoisotopic (exact) mass is 471 g/mol. The van der Waals surface area contributed by atoms with Gasteiger partial charge in [0.25, 0.3) is 5.91 Å². The molecule has 0 aliphatic heterocycles. The summed E-state index contributed by atoms with van der Waals surface area (Å²) in [6, 6.07) is 4.61. The second-order valence-electron chi connectivity index (χ2n) is 6.41. The van der Waals surface area contributed by atoms with Crippen molar-refractivity contribution in [3.8, 4) is 17.3 Å². The van der Waals surface area contributed by atoms with Crippen molar-refractivity contribution in [2.45, 2.75) is 10.9 Å². The van der Waals surface area contributed by atoms with Gasteiger partial charge in [-0.2, -0.15) is 9.78 Å². The smallest absolute Gasteiger partial charge is 0.293 e. The summed E-state index contributed by atoms with van der Waals surface area (Å²) in [4.78, 5) is 12.8. The lowest BCUT2D eigenvalue weighted by Crippen LogP contribution is -2.20. The molecule has 16 heteroatoms. The number of amides is 1. The SMILES string of the molecule is COc1cc(/C=N\NC(=O)c2nnn(-c3nonc3N)c2CSc2nncn2C)ccc1O. The fourth-order valence-electron chi connectivity index (χ4n) is 2.64. The van der Waals surface area contributed by atoms with Crippen molar-refractivity contribution in [3.05, 3.63) is 41.5 Å². The Labute approximate surface area is 189 Å². The highest BCUT2D eigenvalue weighted by Gasteiger charge is 2.24. The maximum atomic E-state index is 12.8. The summed E-state index contributed by atoms with van der Waals surface area (Å²) >= 11 is 1.30. The highest BCUT2D eigenvalue weighted by atomic mass is 32.2. The molecule has 0 saturated heterocycles. The molecule has 0 saturated carbocycles. The van der Waals surface area contributed by atoms with Gasteiger partial charge in [-0.3, -0.25) is 4.79 Å². The van der Waals surface area contributed by atoms with Crippen LogP contribution in [0.3, 0.4) is 0 Å². The first-order chi connectivity index (χ1) is 16.0. The molecule has 4 aromatic rings. The Bertz CT molecular complexity index is 1310. The number of aromatic nitrogens is 8. The summed E-state index contributed by atoms with van der Waals surface area (Å²) in [5.41, 5.74) is 9.12. The summed E-state index contributed by atoms with van der Waals surface area (Å²) in [7, 11) is 3.22. The number of carbonyl (C=O) groups is 1. The number of carbonyl (C=O) groups excluding carboxylic acids is 1. The van der Waals surface area contributed by atoms with Gasteiger partial charge in [0.1, 0.15) is 6.33 Å². The van der Waals surface area contributed by atoms with Crippen molar-refractivity contribution in [1.29, 1.82) is 0 Å². The molecule has 0 fully saturated rings. The van der Waals surface area contributed by atoms with Crippen LogP contribution in [-0.2, 0) is 12.8 Å². The molecular weight excluding hydrogens is 454 g/mol. The van der Waals surface area contributed by atoms with Crippen LogP contribution < -0.4 is 15.9 Å². The third-order valence-electron chi connectivity index (χ3n) is 4.27. The van der Waals surface area contributed by atoms with Gasteiger partial charge >= 0.3 is 0 Å². The van der Waals surface area contributed by atoms with Crippen LogP contribution in [0, 0.1) is 0 Å². The van der Waals surface area contributed by atoms with Crippen LogP contribution in [-0.4, -0.2) is 64.4 Å². The Morgan fingerprint density at radius 2 is 2.24 bits per heavy atom. The van der Waals surface area contributed by atoms with Gasteiger partial charge in [0.2, 0.25) is 11.6 Å². The Balaban J connectivity index is 1.57. The van der Waals surface area contributed by atoms with Gasteiger partial charge < -0.3 is 20.1 Å². The molecule has 0 aliphatic carbocycles. The van der Waals surface area contributed by atoms with E-state index >= 15 is 0 Å². The number of methoxy groups -OCH3 is 1. The van der Waals surface area contributed by atoms with Crippen molar-refractivity contribution in [1.82, 2.24) is 45.5 Å². The Morgan fingerprint density at radius 1 is 1.39 bits per heavy atom. The van der Waals surface area contributed by atoms with Crippen LogP contribution in [0.15, 0.2) is 39.4 Å². The van der Waals surface area contributed by atoms with Crippen molar-refractivity contribution in [2.24, 2.45) is 12.1 Å². The maximum Gasteiger partial charge on any atom is 0.293 e. The molecule has 1 amide bonds. The van der Waals surface area contributed by atoms with Crippen LogP contribution in [0.2, 0.25) is 0 Å². The molecule has 0 atom stereocenters. The second kappa shape index (κ2) is 9.35. The zero-order chi connectivity index (χ0) is 23.4. The number of nitrogens with two attached hydrogens (primary N) is 1. The van der Waals surface area contributed by atoms with E-state index in [2.05, 4.69) is 46.0 Å². The number of benzene rings is 1. The van der Waals surface area contributed by atoms with Gasteiger partial charge in [-0.1, -0.05) is 17.0 Å². The third-order valence-corrected chi connectivity index (χ3v) is 5.31. The van der Waals surface area contributed by atoms with E-state index < -0.39 is 5.91 Å². The van der Waals surface area contributed by atoms with Crippen LogP contribution in [0.25, 0.3) is 5.82 Å². The number of nitrogen functional groups attached to an aromatic ring is 1. The number of phenols is 1. The highest BCUT2D eigenvalue weighted by Crippen LogP contribution is 2.26. The van der Waals surface area contributed by atoms with Crippen molar-refractivity contribution >= 4 is 29.7 Å². The number of nitrogens with zero attached hydrogens (tertiary/aromatic N) is 9. The minimum absolute atomic E-state index is 0.00694. The number of aromatic hydroxyl groups is 1. The molecule has 3 heterocycles. The molecule has 0 bridgehead atoms. The fourth-order valence-corrected chi connectivity index (χ4v) is 3.53. The summed E-state index contributed by atoms with van der Waals surface area (Å²) in [6.07, 6.45) is 2.94. The number of hydrogen-bond acceptors (Lipinski definition) is 13. The number of anilines is 1. The van der Waals surface area contributed by atoms with Gasteiger partial charge in [-0.25, -0.2) is 10.1 Å². The number of phenolic OH excluding ortho intramolecular Hbond substituents is 1. The summed E-state index contributed by atoms with van der Waals surface area (Å²) in [5, 5.41) is 37.2. The van der Waals surface area contributed by atoms with E-state index in [1.807, 2.05) is 0 Å². The van der Waals surface area contributed by atoms with E-state index in [0.29, 0.717) is 16.4 Å². The van der Waals surface area contributed by atoms with E-state index in [9.17, 15) is 9.90 Å². The molecule has 3 aromatic heterocycles. The standard InChI is InChI=1S/C17H17N11O4S/c1-27-8-20-23-17(27)33-7-10-13(21-26-28(10)15-14(18)24-32-25-15)16(30)22-19-6-9-3-4-11(29)12(5-9)31-2/h3-6,8,29H,7H2,1-2H3,(H2,18,24)(H,22,30)/b19-6-. The summed E-state index contributed by atoms with van der Waals surface area (Å²) < 4.78 is 12.7. The number of hydrazone groups is 1. The zero-order valence-corrected chi connectivity index (χ0v) is 18.1. The van der Waals surface area contributed by atoms with E-state index in [1.54, 1.807) is 30.1 Å². The first-order valence-electron chi connectivity index (χ1n) is 9.18. The molecule has 15 nitrogen and oxygen atoms in total. The van der Waals surface area contributed by atoms with E-state index in [0.717, 1.165) is 0 Å². The number of rotatable bonds is 8. The number of hydrogen-bond donors (Lipinski definition) is 3. The molecule has 0 unspecified atom stereocenters. The van der Waals surface area contributed by atoms with Gasteiger partial charge in [0.05, 0.1) is 19.0 Å². The van der Waals surface area contributed by atoms with Gasteiger partial charge in [0, 0.05) is 12.8 Å². The first kappa shape index (κ1) is 21.8. The molecular formula is C17H17N11O4S. The number of thioether (sulfide) groups is 1. The summed E-state index contributed by atoms with van der Waals surface area (Å²) in [5.74, 6) is -0.0530. The van der Waals surface area contributed by atoms with Crippen LogP contribution >= 0.6 is 11.8 Å². The predicted octanol–water partition coefficient (Wildman–Crippen LogP) is 0.131. The largest absolute Gasteiger partial charge is 0.504 e. The highest BCUT2D eigenvalue weighted by molar-refractivity contribution is 7.98. The lowest BCUT2D eigenvalue weighted by atomic mass is 10.2. The third kappa shape index (κ3) is 4.59. The second-order valence-corrected chi connectivity index (χ2v) is 7.36. The maximum absolute atomic E-state index is 12.8. The quantitative estimate of drug-likeness (QED) is 0.179. The minimum atomic E-state index is -0.619. The topological polar surface area (TPSA) is 197 Å². The molecule has 4 N–H and O–H groups in total. The van der Waals surface area contributed by atoms with E-state index in [-0.39, 0.29) is 34.6 Å². The fraction of sp³-hybridized carbons (Fsp3) is 0.176. The number of aryl methyl sites for hydroxylation is 1. The predicted molar refractivity (Wildman–Crippen MR) is 114 cm³/mol. The van der Waals surface area contributed by atoms with Crippen LogP contribution in [0.1, 0.15) is 21.7 Å². The molecule has 0 spiro atoms. The molecule has 33 heavy (non-hydrogen) atoms. The Morgan fingerprint density at radius 3 is 2.94 bits per heavy atom.